The van der Waals surface area contributed by atoms with E-state index < -0.39 is 10.0 Å². The molecule has 26 heavy (non-hydrogen) atoms. The van der Waals surface area contributed by atoms with Gasteiger partial charge in [0.25, 0.3) is 10.0 Å². The van der Waals surface area contributed by atoms with Crippen molar-refractivity contribution in [1.29, 1.82) is 0 Å². The second-order valence-corrected chi connectivity index (χ2v) is 10.1. The molecule has 6 nitrogen and oxygen atoms in total. The molecule has 0 unspecified atom stereocenters. The molecule has 0 saturated heterocycles. The van der Waals surface area contributed by atoms with Crippen LogP contribution >= 0.6 is 0 Å². The Labute approximate surface area is 154 Å². The van der Waals surface area contributed by atoms with Crippen LogP contribution in [0, 0.1) is 23.2 Å². The first-order valence-corrected chi connectivity index (χ1v) is 10.8. The van der Waals surface area contributed by atoms with Crippen LogP contribution in [0.5, 0.6) is 5.75 Å². The summed E-state index contributed by atoms with van der Waals surface area (Å²) in [6.07, 6.45) is 7.76. The van der Waals surface area contributed by atoms with E-state index in [0.717, 1.165) is 37.0 Å². The molecule has 0 spiro atoms. The molecule has 1 aromatic rings. The standard InChI is InChI=1S/C19H26N2O4S/c1-25-16-2-4-17(5-3-16)26(23,24)21-20-18(22)12-19-9-13-6-14(10-19)8-15(7-13)11-19/h2-5,13-15,21H,6-12H2,1H3,(H,20,22). The number of methoxy groups -OCH3 is 1. The van der Waals surface area contributed by atoms with E-state index in [4.69, 9.17) is 4.74 Å². The van der Waals surface area contributed by atoms with Crippen LogP contribution in [-0.2, 0) is 14.8 Å². The molecule has 5 rings (SSSR count). The smallest absolute Gasteiger partial charge is 0.257 e. The lowest BCUT2D eigenvalue weighted by Crippen LogP contribution is -2.50. The summed E-state index contributed by atoms with van der Waals surface area (Å²) in [5.41, 5.74) is 2.50. The summed E-state index contributed by atoms with van der Waals surface area (Å²) in [7, 11) is -2.26. The summed E-state index contributed by atoms with van der Waals surface area (Å²) in [5.74, 6) is 2.65. The van der Waals surface area contributed by atoms with E-state index in [1.165, 1.54) is 38.5 Å². The number of amides is 1. The van der Waals surface area contributed by atoms with Crippen molar-refractivity contribution in [3.05, 3.63) is 24.3 Å². The number of benzene rings is 1. The van der Waals surface area contributed by atoms with E-state index >= 15 is 0 Å². The molecule has 0 aliphatic heterocycles. The number of carbonyl (C=O) groups excluding carboxylic acids is 1. The van der Waals surface area contributed by atoms with Crippen molar-refractivity contribution < 1.29 is 17.9 Å². The number of hydrazine groups is 1. The Morgan fingerprint density at radius 3 is 2.12 bits per heavy atom. The van der Waals surface area contributed by atoms with Crippen LogP contribution in [0.2, 0.25) is 0 Å². The maximum absolute atomic E-state index is 12.4. The summed E-state index contributed by atoms with van der Waals surface area (Å²) in [4.78, 5) is 14.8. The first kappa shape index (κ1) is 17.8. The van der Waals surface area contributed by atoms with Gasteiger partial charge in [-0.05, 0) is 86.0 Å². The maximum Gasteiger partial charge on any atom is 0.257 e. The summed E-state index contributed by atoms with van der Waals surface area (Å²) in [6.45, 7) is 0. The SMILES string of the molecule is COc1ccc(S(=O)(=O)NNC(=O)CC23CC4CC(CC(C4)C2)C3)cc1. The van der Waals surface area contributed by atoms with E-state index in [2.05, 4.69) is 10.3 Å². The number of rotatable bonds is 6. The lowest BCUT2D eigenvalue weighted by molar-refractivity contribution is -0.129. The third-order valence-corrected chi connectivity index (χ3v) is 7.66. The van der Waals surface area contributed by atoms with Gasteiger partial charge in [0.1, 0.15) is 5.75 Å². The first-order valence-electron chi connectivity index (χ1n) is 9.32. The highest BCUT2D eigenvalue weighted by molar-refractivity contribution is 7.89. The van der Waals surface area contributed by atoms with Crippen LogP contribution in [0.4, 0.5) is 0 Å². The van der Waals surface area contributed by atoms with E-state index in [-0.39, 0.29) is 16.2 Å². The number of carbonyl (C=O) groups is 1. The highest BCUT2D eigenvalue weighted by atomic mass is 32.2. The van der Waals surface area contributed by atoms with Crippen molar-refractivity contribution in [1.82, 2.24) is 10.3 Å². The minimum atomic E-state index is -3.78. The van der Waals surface area contributed by atoms with Gasteiger partial charge in [0, 0.05) is 6.42 Å². The Bertz CT molecular complexity index is 753. The molecular formula is C19H26N2O4S. The average Bonchev–Trinajstić information content (AvgIpc) is 2.58. The topological polar surface area (TPSA) is 84.5 Å². The Morgan fingerprint density at radius 1 is 1.08 bits per heavy atom. The highest BCUT2D eigenvalue weighted by Crippen LogP contribution is 2.61. The molecule has 4 aliphatic rings. The van der Waals surface area contributed by atoms with Gasteiger partial charge >= 0.3 is 0 Å². The third kappa shape index (κ3) is 3.47. The molecule has 4 fully saturated rings. The van der Waals surface area contributed by atoms with Gasteiger partial charge in [-0.25, -0.2) is 8.42 Å². The van der Waals surface area contributed by atoms with Crippen molar-refractivity contribution >= 4 is 15.9 Å². The molecule has 4 aliphatic carbocycles. The van der Waals surface area contributed by atoms with Crippen LogP contribution in [-0.4, -0.2) is 21.4 Å². The van der Waals surface area contributed by atoms with Gasteiger partial charge in [0.05, 0.1) is 12.0 Å². The lowest BCUT2D eigenvalue weighted by Gasteiger charge is -2.56. The fourth-order valence-electron chi connectivity index (χ4n) is 5.83. The van der Waals surface area contributed by atoms with Gasteiger partial charge in [-0.1, -0.05) is 0 Å². The van der Waals surface area contributed by atoms with Gasteiger partial charge < -0.3 is 4.74 Å². The third-order valence-electron chi connectivity index (χ3n) is 6.40. The molecule has 7 heteroatoms. The quantitative estimate of drug-likeness (QED) is 0.745. The van der Waals surface area contributed by atoms with Gasteiger partial charge in [-0.3, -0.25) is 10.2 Å². The first-order chi connectivity index (χ1) is 12.4. The van der Waals surface area contributed by atoms with Crippen LogP contribution in [0.25, 0.3) is 0 Å². The zero-order valence-corrected chi connectivity index (χ0v) is 15.8. The second-order valence-electron chi connectivity index (χ2n) is 8.42. The van der Waals surface area contributed by atoms with Crippen molar-refractivity contribution in [3.63, 3.8) is 0 Å². The molecule has 0 aromatic heterocycles. The van der Waals surface area contributed by atoms with Crippen molar-refractivity contribution in [2.45, 2.75) is 49.8 Å². The van der Waals surface area contributed by atoms with E-state index in [1.807, 2.05) is 0 Å². The fourth-order valence-corrected chi connectivity index (χ4v) is 6.69. The minimum Gasteiger partial charge on any atom is -0.497 e. The van der Waals surface area contributed by atoms with Crippen LogP contribution < -0.4 is 15.0 Å². The molecule has 1 amide bonds. The molecule has 142 valence electrons. The van der Waals surface area contributed by atoms with Crippen molar-refractivity contribution in [2.24, 2.45) is 23.2 Å². The predicted molar refractivity (Wildman–Crippen MR) is 96.7 cm³/mol. The van der Waals surface area contributed by atoms with E-state index in [0.29, 0.717) is 12.2 Å². The normalized spacial score (nSPS) is 32.4. The molecule has 4 bridgehead atoms. The second kappa shape index (κ2) is 6.53. The molecule has 0 atom stereocenters. The van der Waals surface area contributed by atoms with Gasteiger partial charge in [-0.2, -0.15) is 0 Å². The molecule has 2 N–H and O–H groups in total. The monoisotopic (exact) mass is 378 g/mol. The maximum atomic E-state index is 12.4. The number of hydrogen-bond donors (Lipinski definition) is 2. The van der Waals surface area contributed by atoms with Crippen LogP contribution in [0.1, 0.15) is 44.9 Å². The Morgan fingerprint density at radius 2 is 1.62 bits per heavy atom. The lowest BCUT2D eigenvalue weighted by atomic mass is 9.49. The van der Waals surface area contributed by atoms with Crippen LogP contribution in [0.15, 0.2) is 29.2 Å². The molecule has 4 saturated carbocycles. The summed E-state index contributed by atoms with van der Waals surface area (Å²) in [5, 5.41) is 0. The predicted octanol–water partition coefficient (Wildman–Crippen LogP) is 2.61. The largest absolute Gasteiger partial charge is 0.497 e. The molecule has 0 radical (unpaired) electrons. The zero-order chi connectivity index (χ0) is 18.4. The van der Waals surface area contributed by atoms with Crippen molar-refractivity contribution in [3.8, 4) is 5.75 Å². The number of hydrogen-bond acceptors (Lipinski definition) is 4. The minimum absolute atomic E-state index is 0.0877. The summed E-state index contributed by atoms with van der Waals surface area (Å²) in [6, 6.07) is 6.05. The molecular weight excluding hydrogens is 352 g/mol. The van der Waals surface area contributed by atoms with E-state index in [9.17, 15) is 13.2 Å². The number of nitrogens with one attached hydrogen (secondary N) is 2. The average molecular weight is 378 g/mol. The van der Waals surface area contributed by atoms with Gasteiger partial charge in [0.15, 0.2) is 0 Å². The van der Waals surface area contributed by atoms with Crippen molar-refractivity contribution in [2.75, 3.05) is 7.11 Å². The molecule has 1 aromatic carbocycles. The Hall–Kier alpha value is -1.60. The summed E-state index contributed by atoms with van der Waals surface area (Å²) >= 11 is 0. The zero-order valence-electron chi connectivity index (χ0n) is 15.0. The highest BCUT2D eigenvalue weighted by Gasteiger charge is 2.51. The summed E-state index contributed by atoms with van der Waals surface area (Å²) < 4.78 is 29.7. The van der Waals surface area contributed by atoms with Gasteiger partial charge in [-0.15, -0.1) is 4.83 Å². The molecule has 0 heterocycles. The number of ether oxygens (including phenoxy) is 1. The van der Waals surface area contributed by atoms with Crippen LogP contribution in [0.3, 0.4) is 0 Å². The van der Waals surface area contributed by atoms with E-state index in [1.54, 1.807) is 12.1 Å². The number of sulfonamides is 1. The Balaban J connectivity index is 1.36. The van der Waals surface area contributed by atoms with Gasteiger partial charge in [0.2, 0.25) is 5.91 Å². The Kier molecular flexibility index (Phi) is 4.47. The fraction of sp³-hybridized carbons (Fsp3) is 0.632.